The Morgan fingerprint density at radius 1 is 0.914 bits per heavy atom. The molecule has 2 atom stereocenters. The van der Waals surface area contributed by atoms with E-state index < -0.39 is 36.5 Å². The van der Waals surface area contributed by atoms with Gasteiger partial charge in [0.2, 0.25) is 5.91 Å². The molecule has 0 fully saturated rings. The second-order valence-corrected chi connectivity index (χ2v) is 8.78. The van der Waals surface area contributed by atoms with Crippen LogP contribution in [0.5, 0.6) is 0 Å². The minimum atomic E-state index is -1.31. The highest BCUT2D eigenvalue weighted by atomic mass is 35.5. The quantitative estimate of drug-likeness (QED) is 0.415. The molecule has 1 unspecified atom stereocenters. The fourth-order valence-corrected chi connectivity index (χ4v) is 4.68. The van der Waals surface area contributed by atoms with E-state index in [9.17, 15) is 19.5 Å². The minimum absolute atomic E-state index is 0.0529. The van der Waals surface area contributed by atoms with Crippen molar-refractivity contribution in [3.05, 3.63) is 94.5 Å². The lowest BCUT2D eigenvalue weighted by molar-refractivity contribution is -0.140. The predicted octanol–water partition coefficient (Wildman–Crippen LogP) is 4.90. The van der Waals surface area contributed by atoms with Crippen molar-refractivity contribution >= 4 is 29.6 Å². The van der Waals surface area contributed by atoms with Gasteiger partial charge in [0.15, 0.2) is 0 Å². The molecule has 0 heterocycles. The van der Waals surface area contributed by atoms with Crippen LogP contribution in [0, 0.1) is 0 Å². The molecule has 180 valence electrons. The normalized spacial score (nSPS) is 13.8. The second-order valence-electron chi connectivity index (χ2n) is 8.37. The number of nitrogens with one attached hydrogen (secondary N) is 2. The van der Waals surface area contributed by atoms with E-state index in [0.29, 0.717) is 10.6 Å². The first-order valence-corrected chi connectivity index (χ1v) is 11.6. The number of halogens is 1. The third-order valence-corrected chi connectivity index (χ3v) is 6.41. The Morgan fingerprint density at radius 2 is 1.49 bits per heavy atom. The van der Waals surface area contributed by atoms with E-state index in [1.165, 1.54) is 0 Å². The lowest BCUT2D eigenvalue weighted by Crippen LogP contribution is -2.48. The van der Waals surface area contributed by atoms with Gasteiger partial charge in [0.1, 0.15) is 12.6 Å². The second kappa shape index (κ2) is 10.6. The molecule has 35 heavy (non-hydrogen) atoms. The summed E-state index contributed by atoms with van der Waals surface area (Å²) in [6, 6.07) is 21.1. The summed E-state index contributed by atoms with van der Waals surface area (Å²) in [6.45, 7) is 1.78. The van der Waals surface area contributed by atoms with Gasteiger partial charge in [-0.1, -0.05) is 78.3 Å². The number of fused-ring (bicyclic) bond motifs is 3. The molecular formula is C27H25ClN2O5. The summed E-state index contributed by atoms with van der Waals surface area (Å²) in [5, 5.41) is 14.9. The Balaban J connectivity index is 1.42. The van der Waals surface area contributed by atoms with Crippen LogP contribution in [0.3, 0.4) is 0 Å². The third kappa shape index (κ3) is 5.46. The Morgan fingerprint density at radius 3 is 2.09 bits per heavy atom. The number of amides is 2. The van der Waals surface area contributed by atoms with Gasteiger partial charge in [-0.2, -0.15) is 0 Å². The van der Waals surface area contributed by atoms with Gasteiger partial charge in [0, 0.05) is 10.9 Å². The predicted molar refractivity (Wildman–Crippen MR) is 132 cm³/mol. The topological polar surface area (TPSA) is 105 Å². The molecule has 0 bridgehead atoms. The van der Waals surface area contributed by atoms with Crippen LogP contribution >= 0.6 is 11.6 Å². The molecule has 0 saturated carbocycles. The van der Waals surface area contributed by atoms with Crippen LogP contribution in [0.25, 0.3) is 11.1 Å². The molecule has 0 aliphatic heterocycles. The fourth-order valence-electron chi connectivity index (χ4n) is 4.38. The lowest BCUT2D eigenvalue weighted by Gasteiger charge is -2.21. The smallest absolute Gasteiger partial charge is 0.407 e. The number of hydrogen-bond acceptors (Lipinski definition) is 4. The zero-order valence-corrected chi connectivity index (χ0v) is 19.8. The molecule has 4 rings (SSSR count). The monoisotopic (exact) mass is 492 g/mol. The van der Waals surface area contributed by atoms with Crippen molar-refractivity contribution in [2.45, 2.75) is 31.3 Å². The average Bonchev–Trinajstić information content (AvgIpc) is 3.16. The third-order valence-electron chi connectivity index (χ3n) is 6.06. The van der Waals surface area contributed by atoms with Crippen molar-refractivity contribution in [2.75, 3.05) is 6.61 Å². The summed E-state index contributed by atoms with van der Waals surface area (Å²) in [5.41, 5.74) is 4.96. The van der Waals surface area contributed by atoms with Gasteiger partial charge in [-0.3, -0.25) is 9.59 Å². The number of aliphatic carboxylic acids is 1. The number of carboxylic acids is 1. The highest BCUT2D eigenvalue weighted by Crippen LogP contribution is 2.44. The van der Waals surface area contributed by atoms with E-state index in [-0.39, 0.29) is 12.5 Å². The Kier molecular flexibility index (Phi) is 7.36. The van der Waals surface area contributed by atoms with Crippen LogP contribution in [0.15, 0.2) is 72.8 Å². The summed E-state index contributed by atoms with van der Waals surface area (Å²) >= 11 is 6.19. The van der Waals surface area contributed by atoms with Crippen LogP contribution in [-0.4, -0.2) is 35.7 Å². The number of rotatable bonds is 8. The van der Waals surface area contributed by atoms with Crippen molar-refractivity contribution in [1.82, 2.24) is 10.6 Å². The summed E-state index contributed by atoms with van der Waals surface area (Å²) in [4.78, 5) is 36.8. The van der Waals surface area contributed by atoms with E-state index in [4.69, 9.17) is 16.3 Å². The van der Waals surface area contributed by atoms with Gasteiger partial charge in [0.25, 0.3) is 0 Å². The number of ether oxygens (including phenoxy) is 1. The molecule has 3 aromatic carbocycles. The maximum atomic E-state index is 12.8. The zero-order chi connectivity index (χ0) is 24.9. The van der Waals surface area contributed by atoms with Gasteiger partial charge in [0.05, 0.1) is 12.5 Å². The minimum Gasteiger partial charge on any atom is -0.481 e. The summed E-state index contributed by atoms with van der Waals surface area (Å²) in [5.74, 6) is -2.03. The van der Waals surface area contributed by atoms with E-state index >= 15 is 0 Å². The standard InChI is InChI=1S/C27H25ClN2O5/c1-16(17-8-6-7-13-23(17)28)29-26(33)24(14-25(31)32)30-27(34)35-15-22-20-11-4-2-9-18(20)19-10-3-5-12-21(19)22/h2-13,16,22,24H,14-15H2,1H3,(H,29,33)(H,30,34)(H,31,32)/t16-,24?/m0/s1. The molecule has 7 nitrogen and oxygen atoms in total. The maximum absolute atomic E-state index is 12.8. The van der Waals surface area contributed by atoms with Crippen LogP contribution in [0.4, 0.5) is 4.79 Å². The molecule has 1 aliphatic rings. The largest absolute Gasteiger partial charge is 0.481 e. The lowest BCUT2D eigenvalue weighted by atomic mass is 9.98. The molecule has 0 aromatic heterocycles. The highest BCUT2D eigenvalue weighted by Gasteiger charge is 2.30. The first kappa shape index (κ1) is 24.3. The summed E-state index contributed by atoms with van der Waals surface area (Å²) < 4.78 is 5.47. The number of alkyl carbamates (subject to hydrolysis) is 1. The molecule has 3 N–H and O–H groups in total. The van der Waals surface area contributed by atoms with Gasteiger partial charge in [-0.15, -0.1) is 0 Å². The van der Waals surface area contributed by atoms with E-state index in [1.807, 2.05) is 48.5 Å². The summed E-state index contributed by atoms with van der Waals surface area (Å²) in [6.07, 6.45) is -1.45. The molecular weight excluding hydrogens is 468 g/mol. The Labute approximate surface area is 208 Å². The number of carboxylic acid groups (broad SMARTS) is 1. The number of carbonyl (C=O) groups is 3. The molecule has 3 aromatic rings. The van der Waals surface area contributed by atoms with Crippen molar-refractivity contribution in [1.29, 1.82) is 0 Å². The number of hydrogen-bond donors (Lipinski definition) is 3. The van der Waals surface area contributed by atoms with Crippen LogP contribution < -0.4 is 10.6 Å². The van der Waals surface area contributed by atoms with E-state index in [0.717, 1.165) is 22.3 Å². The fraction of sp³-hybridized carbons (Fsp3) is 0.222. The molecule has 2 amide bonds. The molecule has 1 aliphatic carbocycles. The molecule has 0 saturated heterocycles. The Bertz CT molecular complexity index is 1220. The highest BCUT2D eigenvalue weighted by molar-refractivity contribution is 6.31. The molecule has 8 heteroatoms. The van der Waals surface area contributed by atoms with Crippen LogP contribution in [0.2, 0.25) is 5.02 Å². The van der Waals surface area contributed by atoms with Crippen LogP contribution in [-0.2, 0) is 14.3 Å². The molecule has 0 spiro atoms. The van der Waals surface area contributed by atoms with E-state index in [2.05, 4.69) is 10.6 Å². The van der Waals surface area contributed by atoms with Crippen molar-refractivity contribution < 1.29 is 24.2 Å². The van der Waals surface area contributed by atoms with Crippen LogP contribution in [0.1, 0.15) is 42.0 Å². The average molecular weight is 493 g/mol. The van der Waals surface area contributed by atoms with Crippen molar-refractivity contribution in [3.63, 3.8) is 0 Å². The SMILES string of the molecule is C[C@H](NC(=O)C(CC(=O)O)NC(=O)OCC1c2ccccc2-c2ccccc21)c1ccccc1Cl. The first-order valence-electron chi connectivity index (χ1n) is 11.2. The number of benzene rings is 3. The van der Waals surface area contributed by atoms with E-state index in [1.54, 1.807) is 31.2 Å². The van der Waals surface area contributed by atoms with Crippen molar-refractivity contribution in [2.24, 2.45) is 0 Å². The zero-order valence-electron chi connectivity index (χ0n) is 19.0. The number of carbonyl (C=O) groups excluding carboxylic acids is 2. The molecule has 0 radical (unpaired) electrons. The van der Waals surface area contributed by atoms with Gasteiger partial charge in [-0.05, 0) is 40.8 Å². The van der Waals surface area contributed by atoms with Gasteiger partial charge in [-0.25, -0.2) is 4.79 Å². The Hall–Kier alpha value is -3.84. The summed E-state index contributed by atoms with van der Waals surface area (Å²) in [7, 11) is 0. The first-order chi connectivity index (χ1) is 16.8. The van der Waals surface area contributed by atoms with Crippen molar-refractivity contribution in [3.8, 4) is 11.1 Å². The maximum Gasteiger partial charge on any atom is 0.407 e. The van der Waals surface area contributed by atoms with Gasteiger partial charge < -0.3 is 20.5 Å². The van der Waals surface area contributed by atoms with Gasteiger partial charge >= 0.3 is 12.1 Å².